The quantitative estimate of drug-likeness (QED) is 0.784. The normalized spacial score (nSPS) is 10.5. The van der Waals surface area contributed by atoms with Crippen LogP contribution in [0.15, 0.2) is 48.5 Å². The summed E-state index contributed by atoms with van der Waals surface area (Å²) in [5.41, 5.74) is 1.69. The van der Waals surface area contributed by atoms with Crippen LogP contribution in [0.1, 0.15) is 19.4 Å². The Morgan fingerprint density at radius 1 is 1.08 bits per heavy atom. The summed E-state index contributed by atoms with van der Waals surface area (Å²) >= 11 is 0. The van der Waals surface area contributed by atoms with Crippen molar-refractivity contribution in [2.75, 3.05) is 25.6 Å². The fraction of sp³-hybridized carbons (Fsp3) is 0.250. The maximum atomic E-state index is 12.0. The number of hydrogen-bond donors (Lipinski definition) is 1. The number of hydrogen-bond acceptors (Lipinski definition) is 4. The van der Waals surface area contributed by atoms with E-state index in [4.69, 9.17) is 14.2 Å². The summed E-state index contributed by atoms with van der Waals surface area (Å²) in [5.74, 6) is 1.63. The van der Waals surface area contributed by atoms with Crippen molar-refractivity contribution >= 4 is 17.7 Å². The molecule has 0 spiro atoms. The molecule has 132 valence electrons. The van der Waals surface area contributed by atoms with E-state index in [0.29, 0.717) is 23.8 Å². The molecule has 5 nitrogen and oxygen atoms in total. The van der Waals surface area contributed by atoms with Crippen molar-refractivity contribution in [1.82, 2.24) is 0 Å². The van der Waals surface area contributed by atoms with Crippen molar-refractivity contribution < 1.29 is 19.0 Å². The topological polar surface area (TPSA) is 56.8 Å². The fourth-order valence-electron chi connectivity index (χ4n) is 2.24. The van der Waals surface area contributed by atoms with Crippen LogP contribution in [0.25, 0.3) is 6.08 Å². The molecule has 25 heavy (non-hydrogen) atoms. The van der Waals surface area contributed by atoms with Gasteiger partial charge in [0.05, 0.1) is 13.7 Å². The summed E-state index contributed by atoms with van der Waals surface area (Å²) in [7, 11) is 1.57. The third kappa shape index (κ3) is 5.57. The summed E-state index contributed by atoms with van der Waals surface area (Å²) in [5, 5.41) is 2.78. The van der Waals surface area contributed by atoms with Gasteiger partial charge in [0.25, 0.3) is 5.91 Å². The van der Waals surface area contributed by atoms with Crippen LogP contribution >= 0.6 is 0 Å². The third-order valence-corrected chi connectivity index (χ3v) is 3.35. The molecule has 1 N–H and O–H groups in total. The average Bonchev–Trinajstić information content (AvgIpc) is 2.62. The highest BCUT2D eigenvalue weighted by molar-refractivity contribution is 5.91. The van der Waals surface area contributed by atoms with Crippen LogP contribution in [0, 0.1) is 0 Å². The summed E-state index contributed by atoms with van der Waals surface area (Å²) in [6.07, 6.45) is 3.91. The van der Waals surface area contributed by atoms with Gasteiger partial charge in [-0.05, 0) is 55.8 Å². The fourth-order valence-corrected chi connectivity index (χ4v) is 2.24. The molecule has 0 radical (unpaired) electrons. The van der Waals surface area contributed by atoms with E-state index < -0.39 is 0 Å². The van der Waals surface area contributed by atoms with Gasteiger partial charge in [-0.3, -0.25) is 4.79 Å². The summed E-state index contributed by atoms with van der Waals surface area (Å²) in [6, 6.07) is 12.7. The molecule has 0 saturated heterocycles. The maximum Gasteiger partial charge on any atom is 0.262 e. The first kappa shape index (κ1) is 18.4. The highest BCUT2D eigenvalue weighted by Crippen LogP contribution is 2.28. The number of benzene rings is 2. The first-order valence-electron chi connectivity index (χ1n) is 8.12. The molecular weight excluding hydrogens is 318 g/mol. The predicted octanol–water partition coefficient (Wildman–Crippen LogP) is 4.14. The van der Waals surface area contributed by atoms with Gasteiger partial charge in [0.1, 0.15) is 5.75 Å². The van der Waals surface area contributed by atoms with Crippen LogP contribution < -0.4 is 19.5 Å². The number of ether oxygens (including phenoxy) is 3. The zero-order chi connectivity index (χ0) is 18.1. The monoisotopic (exact) mass is 341 g/mol. The van der Waals surface area contributed by atoms with Gasteiger partial charge >= 0.3 is 0 Å². The molecule has 0 bridgehead atoms. The second-order valence-electron chi connectivity index (χ2n) is 5.20. The minimum absolute atomic E-state index is 0.105. The van der Waals surface area contributed by atoms with Crippen molar-refractivity contribution in [2.24, 2.45) is 0 Å². The first-order valence-corrected chi connectivity index (χ1v) is 8.12. The Bertz CT molecular complexity index is 723. The van der Waals surface area contributed by atoms with E-state index >= 15 is 0 Å². The average molecular weight is 341 g/mol. The van der Waals surface area contributed by atoms with Crippen LogP contribution in [0.5, 0.6) is 17.2 Å². The zero-order valence-electron chi connectivity index (χ0n) is 14.7. The highest BCUT2D eigenvalue weighted by Gasteiger charge is 2.08. The van der Waals surface area contributed by atoms with Crippen molar-refractivity contribution in [3.8, 4) is 17.2 Å². The van der Waals surface area contributed by atoms with E-state index in [0.717, 1.165) is 11.3 Å². The SMILES string of the molecule is C/C=C/c1ccc(OCC(=O)Nc2ccc(OCC)cc2)c(OC)c1. The van der Waals surface area contributed by atoms with E-state index in [1.165, 1.54) is 0 Å². The molecule has 0 aliphatic heterocycles. The van der Waals surface area contributed by atoms with Gasteiger partial charge in [0.2, 0.25) is 0 Å². The van der Waals surface area contributed by atoms with Gasteiger partial charge < -0.3 is 19.5 Å². The Morgan fingerprint density at radius 2 is 1.84 bits per heavy atom. The molecule has 5 heteroatoms. The molecule has 2 aromatic carbocycles. The molecule has 0 aliphatic rings. The lowest BCUT2D eigenvalue weighted by molar-refractivity contribution is -0.118. The molecule has 2 rings (SSSR count). The Labute approximate surface area is 148 Å². The standard InChI is InChI=1S/C20H23NO4/c1-4-6-15-7-12-18(19(13-15)23-3)25-14-20(22)21-16-8-10-17(11-9-16)24-5-2/h4,6-13H,5,14H2,1-3H3,(H,21,22)/b6-4+. The number of carbonyl (C=O) groups is 1. The number of rotatable bonds is 8. The molecule has 1 amide bonds. The van der Waals surface area contributed by atoms with Crippen LogP contribution in [0.3, 0.4) is 0 Å². The van der Waals surface area contributed by atoms with Crippen molar-refractivity contribution in [2.45, 2.75) is 13.8 Å². The number of nitrogens with one attached hydrogen (secondary N) is 1. The highest BCUT2D eigenvalue weighted by atomic mass is 16.5. The van der Waals surface area contributed by atoms with Crippen LogP contribution in [-0.2, 0) is 4.79 Å². The summed E-state index contributed by atoms with van der Waals surface area (Å²) < 4.78 is 16.3. The van der Waals surface area contributed by atoms with Gasteiger partial charge in [0.15, 0.2) is 18.1 Å². The van der Waals surface area contributed by atoms with Gasteiger partial charge in [-0.15, -0.1) is 0 Å². The number of carbonyl (C=O) groups excluding carboxylic acids is 1. The molecule has 0 heterocycles. The lowest BCUT2D eigenvalue weighted by atomic mass is 10.2. The number of methoxy groups -OCH3 is 1. The van der Waals surface area contributed by atoms with E-state index in [1.54, 1.807) is 25.3 Å². The summed E-state index contributed by atoms with van der Waals surface area (Å²) in [4.78, 5) is 12.0. The van der Waals surface area contributed by atoms with Crippen LogP contribution in [0.2, 0.25) is 0 Å². The van der Waals surface area contributed by atoms with Gasteiger partial charge in [0, 0.05) is 5.69 Å². The predicted molar refractivity (Wildman–Crippen MR) is 99.4 cm³/mol. The smallest absolute Gasteiger partial charge is 0.262 e. The molecule has 0 fully saturated rings. The molecular formula is C20H23NO4. The number of allylic oxidation sites excluding steroid dienone is 1. The van der Waals surface area contributed by atoms with E-state index in [1.807, 2.05) is 50.3 Å². The lowest BCUT2D eigenvalue weighted by Gasteiger charge is -2.12. The number of anilines is 1. The third-order valence-electron chi connectivity index (χ3n) is 3.35. The van der Waals surface area contributed by atoms with E-state index in [9.17, 15) is 4.79 Å². The number of amides is 1. The lowest BCUT2D eigenvalue weighted by Crippen LogP contribution is -2.20. The molecule has 0 unspecified atom stereocenters. The molecule has 0 aliphatic carbocycles. The minimum Gasteiger partial charge on any atom is -0.494 e. The minimum atomic E-state index is -0.247. The van der Waals surface area contributed by atoms with Crippen molar-refractivity contribution in [1.29, 1.82) is 0 Å². The second kappa shape index (κ2) is 9.37. The summed E-state index contributed by atoms with van der Waals surface area (Å²) in [6.45, 7) is 4.37. The largest absolute Gasteiger partial charge is 0.494 e. The van der Waals surface area contributed by atoms with Crippen LogP contribution in [0.4, 0.5) is 5.69 Å². The molecule has 0 aromatic heterocycles. The van der Waals surface area contributed by atoms with Gasteiger partial charge in [-0.2, -0.15) is 0 Å². The van der Waals surface area contributed by atoms with Gasteiger partial charge in [-0.25, -0.2) is 0 Å². The Kier molecular flexibility index (Phi) is 6.89. The van der Waals surface area contributed by atoms with E-state index in [-0.39, 0.29) is 12.5 Å². The molecule has 2 aromatic rings. The van der Waals surface area contributed by atoms with Crippen molar-refractivity contribution in [3.05, 3.63) is 54.1 Å². The van der Waals surface area contributed by atoms with Crippen molar-refractivity contribution in [3.63, 3.8) is 0 Å². The van der Waals surface area contributed by atoms with E-state index in [2.05, 4.69) is 5.32 Å². The maximum absolute atomic E-state index is 12.0. The molecule has 0 saturated carbocycles. The van der Waals surface area contributed by atoms with Crippen LogP contribution in [-0.4, -0.2) is 26.2 Å². The Balaban J connectivity index is 1.93. The Morgan fingerprint density at radius 3 is 2.48 bits per heavy atom. The zero-order valence-corrected chi connectivity index (χ0v) is 14.7. The Hall–Kier alpha value is -2.95. The van der Waals surface area contributed by atoms with Gasteiger partial charge in [-0.1, -0.05) is 18.2 Å². The first-order chi connectivity index (χ1) is 12.2. The molecule has 0 atom stereocenters. The second-order valence-corrected chi connectivity index (χ2v) is 5.20.